The van der Waals surface area contributed by atoms with Crippen LogP contribution in [-0.4, -0.2) is 61.2 Å². The van der Waals surface area contributed by atoms with Gasteiger partial charge in [-0.2, -0.15) is 0 Å². The summed E-state index contributed by atoms with van der Waals surface area (Å²) < 4.78 is 0. The molecule has 20 heavy (non-hydrogen) atoms. The largest absolute Gasteiger partial charge is 0.314 e. The van der Waals surface area contributed by atoms with Crippen LogP contribution in [0.3, 0.4) is 0 Å². The molecule has 1 saturated carbocycles. The van der Waals surface area contributed by atoms with Crippen LogP contribution in [0.25, 0.3) is 0 Å². The highest BCUT2D eigenvalue weighted by molar-refractivity contribution is 4.88. The van der Waals surface area contributed by atoms with Crippen LogP contribution in [-0.2, 0) is 0 Å². The Morgan fingerprint density at radius 3 is 2.35 bits per heavy atom. The zero-order chi connectivity index (χ0) is 14.5. The first-order chi connectivity index (χ1) is 9.61. The molecule has 0 radical (unpaired) electrons. The van der Waals surface area contributed by atoms with Crippen LogP contribution in [0.2, 0.25) is 0 Å². The summed E-state index contributed by atoms with van der Waals surface area (Å²) in [6.07, 6.45) is 6.94. The summed E-state index contributed by atoms with van der Waals surface area (Å²) in [5.41, 5.74) is 0. The van der Waals surface area contributed by atoms with Crippen molar-refractivity contribution < 1.29 is 0 Å². The lowest BCUT2D eigenvalue weighted by molar-refractivity contribution is 0.0419. The normalized spacial score (nSPS) is 37.2. The Kier molecular flexibility index (Phi) is 6.31. The first-order valence-electron chi connectivity index (χ1n) is 8.79. The third kappa shape index (κ3) is 4.19. The third-order valence-electron chi connectivity index (χ3n) is 5.49. The molecule has 0 bridgehead atoms. The molecule has 4 unspecified atom stereocenters. The summed E-state index contributed by atoms with van der Waals surface area (Å²) in [5, 5.41) is 3.81. The summed E-state index contributed by atoms with van der Waals surface area (Å²) in [6.45, 7) is 12.0. The van der Waals surface area contributed by atoms with Crippen molar-refractivity contribution in [1.82, 2.24) is 15.1 Å². The van der Waals surface area contributed by atoms with E-state index in [1.54, 1.807) is 0 Å². The minimum atomic E-state index is 0.699. The van der Waals surface area contributed by atoms with Crippen LogP contribution >= 0.6 is 0 Å². The van der Waals surface area contributed by atoms with Gasteiger partial charge in [0, 0.05) is 37.8 Å². The fraction of sp³-hybridized carbons (Fsp3) is 1.00. The van der Waals surface area contributed by atoms with E-state index in [9.17, 15) is 0 Å². The Labute approximate surface area is 126 Å². The van der Waals surface area contributed by atoms with E-state index >= 15 is 0 Å². The Morgan fingerprint density at radius 2 is 1.70 bits per heavy atom. The average Bonchev–Trinajstić information content (AvgIpc) is 2.44. The molecule has 2 fully saturated rings. The zero-order valence-corrected chi connectivity index (χ0v) is 14.1. The van der Waals surface area contributed by atoms with Crippen molar-refractivity contribution in [3.63, 3.8) is 0 Å². The summed E-state index contributed by atoms with van der Waals surface area (Å²) in [6, 6.07) is 2.17. The monoisotopic (exact) mass is 281 g/mol. The minimum absolute atomic E-state index is 0.699. The van der Waals surface area contributed by atoms with E-state index in [0.717, 1.165) is 12.0 Å². The Bertz CT molecular complexity index is 269. The van der Waals surface area contributed by atoms with Crippen LogP contribution in [0, 0.1) is 5.92 Å². The van der Waals surface area contributed by atoms with Crippen molar-refractivity contribution in [2.75, 3.05) is 33.2 Å². The first-order valence-corrected chi connectivity index (χ1v) is 8.79. The maximum absolute atomic E-state index is 3.81. The minimum Gasteiger partial charge on any atom is -0.314 e. The van der Waals surface area contributed by atoms with Crippen molar-refractivity contribution in [2.45, 2.75) is 71.0 Å². The molecule has 0 aromatic heterocycles. The number of hydrogen-bond acceptors (Lipinski definition) is 3. The molecule has 0 amide bonds. The van der Waals surface area contributed by atoms with Gasteiger partial charge in [-0.1, -0.05) is 19.8 Å². The summed E-state index contributed by atoms with van der Waals surface area (Å²) in [5.74, 6) is 0.873. The summed E-state index contributed by atoms with van der Waals surface area (Å²) in [4.78, 5) is 5.26. The molecule has 2 aliphatic rings. The number of hydrogen-bond donors (Lipinski definition) is 1. The second kappa shape index (κ2) is 7.77. The van der Waals surface area contributed by atoms with Crippen molar-refractivity contribution in [3.8, 4) is 0 Å². The molecule has 4 atom stereocenters. The molecule has 0 spiro atoms. The molecule has 2 rings (SSSR count). The lowest BCUT2D eigenvalue weighted by Crippen LogP contribution is -2.57. The van der Waals surface area contributed by atoms with Crippen molar-refractivity contribution in [3.05, 3.63) is 0 Å². The molecular formula is C17H35N3. The lowest BCUT2D eigenvalue weighted by Gasteiger charge is -2.45. The van der Waals surface area contributed by atoms with E-state index in [2.05, 4.69) is 42.9 Å². The van der Waals surface area contributed by atoms with E-state index in [1.807, 2.05) is 0 Å². The number of rotatable bonds is 5. The SMILES string of the molecule is CCCNC1CCCCC1CN1CC(C)N(C)C(C)C1. The van der Waals surface area contributed by atoms with Crippen molar-refractivity contribution >= 4 is 0 Å². The molecule has 3 heteroatoms. The van der Waals surface area contributed by atoms with E-state index in [0.29, 0.717) is 12.1 Å². The molecule has 1 heterocycles. The van der Waals surface area contributed by atoms with Crippen molar-refractivity contribution in [2.24, 2.45) is 5.92 Å². The predicted molar refractivity (Wildman–Crippen MR) is 87.2 cm³/mol. The second-order valence-corrected chi connectivity index (χ2v) is 7.19. The van der Waals surface area contributed by atoms with Crippen LogP contribution < -0.4 is 5.32 Å². The quantitative estimate of drug-likeness (QED) is 0.835. The topological polar surface area (TPSA) is 18.5 Å². The highest BCUT2D eigenvalue weighted by Crippen LogP contribution is 2.26. The smallest absolute Gasteiger partial charge is 0.0195 e. The molecular weight excluding hydrogens is 246 g/mol. The summed E-state index contributed by atoms with van der Waals surface area (Å²) >= 11 is 0. The van der Waals surface area contributed by atoms with Gasteiger partial charge >= 0.3 is 0 Å². The fourth-order valence-corrected chi connectivity index (χ4v) is 4.02. The van der Waals surface area contributed by atoms with Gasteiger partial charge in [-0.25, -0.2) is 0 Å². The molecule has 3 nitrogen and oxygen atoms in total. The number of likely N-dealkylation sites (N-methyl/N-ethyl adjacent to an activating group) is 1. The fourth-order valence-electron chi connectivity index (χ4n) is 4.02. The molecule has 0 aromatic rings. The van der Waals surface area contributed by atoms with Crippen LogP contribution in [0.1, 0.15) is 52.9 Å². The van der Waals surface area contributed by atoms with E-state index < -0.39 is 0 Å². The van der Waals surface area contributed by atoms with Gasteiger partial charge in [-0.15, -0.1) is 0 Å². The molecule has 1 aliphatic carbocycles. The molecule has 1 saturated heterocycles. The molecule has 0 aromatic carbocycles. The van der Waals surface area contributed by atoms with Gasteiger partial charge in [0.05, 0.1) is 0 Å². The lowest BCUT2D eigenvalue weighted by atomic mass is 9.83. The maximum atomic E-state index is 3.81. The molecule has 1 aliphatic heterocycles. The number of nitrogens with zero attached hydrogens (tertiary/aromatic N) is 2. The molecule has 1 N–H and O–H groups in total. The zero-order valence-electron chi connectivity index (χ0n) is 14.1. The highest BCUT2D eigenvalue weighted by atomic mass is 15.3. The molecule has 118 valence electrons. The standard InChI is InChI=1S/C17H35N3/c1-5-10-18-17-9-7-6-8-16(17)13-20-11-14(2)19(4)15(3)12-20/h14-18H,5-13H2,1-4H3. The van der Waals surface area contributed by atoms with E-state index in [1.165, 1.54) is 58.3 Å². The van der Waals surface area contributed by atoms with Gasteiger partial charge in [0.25, 0.3) is 0 Å². The van der Waals surface area contributed by atoms with Crippen molar-refractivity contribution in [1.29, 1.82) is 0 Å². The van der Waals surface area contributed by atoms with Crippen LogP contribution in [0.4, 0.5) is 0 Å². The van der Waals surface area contributed by atoms with E-state index in [4.69, 9.17) is 0 Å². The average molecular weight is 281 g/mol. The highest BCUT2D eigenvalue weighted by Gasteiger charge is 2.31. The second-order valence-electron chi connectivity index (χ2n) is 7.19. The Morgan fingerprint density at radius 1 is 1.05 bits per heavy atom. The van der Waals surface area contributed by atoms with Gasteiger partial charge in [0.15, 0.2) is 0 Å². The van der Waals surface area contributed by atoms with Crippen LogP contribution in [0.15, 0.2) is 0 Å². The number of nitrogens with one attached hydrogen (secondary N) is 1. The Hall–Kier alpha value is -0.120. The Balaban J connectivity index is 1.86. The van der Waals surface area contributed by atoms with Gasteiger partial charge in [0.1, 0.15) is 0 Å². The van der Waals surface area contributed by atoms with Crippen LogP contribution in [0.5, 0.6) is 0 Å². The predicted octanol–water partition coefficient (Wildman–Crippen LogP) is 2.57. The number of piperazine rings is 1. The van der Waals surface area contributed by atoms with Gasteiger partial charge < -0.3 is 5.32 Å². The first kappa shape index (κ1) is 16.3. The van der Waals surface area contributed by atoms with Gasteiger partial charge in [0.2, 0.25) is 0 Å². The van der Waals surface area contributed by atoms with Gasteiger partial charge in [-0.05, 0) is 52.6 Å². The third-order valence-corrected chi connectivity index (χ3v) is 5.49. The van der Waals surface area contributed by atoms with E-state index in [-0.39, 0.29) is 0 Å². The summed E-state index contributed by atoms with van der Waals surface area (Å²) in [7, 11) is 2.28. The van der Waals surface area contributed by atoms with Gasteiger partial charge in [-0.3, -0.25) is 9.80 Å². The maximum Gasteiger partial charge on any atom is 0.0195 e.